The Labute approximate surface area is 74.4 Å². The quantitative estimate of drug-likeness (QED) is 0.598. The molecule has 2 aromatic heterocycles. The van der Waals surface area contributed by atoms with Crippen LogP contribution >= 0.6 is 0 Å². The molecule has 0 amide bonds. The maximum atomic E-state index is 4.21. The van der Waals surface area contributed by atoms with Crippen LogP contribution in [0.3, 0.4) is 0 Å². The molecule has 0 atom stereocenters. The zero-order chi connectivity index (χ0) is 8.67. The molecule has 0 radical (unpaired) electrons. The topological polar surface area (TPSA) is 51.0 Å². The number of fused-ring (bicyclic) bond motifs is 3. The monoisotopic (exact) mass is 170 g/mol. The van der Waals surface area contributed by atoms with Crippen LogP contribution in [0.2, 0.25) is 0 Å². The van der Waals surface area contributed by atoms with Crippen molar-refractivity contribution in [3.05, 3.63) is 24.3 Å². The van der Waals surface area contributed by atoms with Gasteiger partial charge in [-0.15, -0.1) is 0 Å². The lowest BCUT2D eigenvalue weighted by Gasteiger charge is -2.00. The summed E-state index contributed by atoms with van der Waals surface area (Å²) < 4.78 is 0. The largest absolute Gasteiger partial charge is 0.259 e. The number of hydrogen-bond acceptors (Lipinski definition) is 4. The van der Waals surface area contributed by atoms with Crippen LogP contribution in [0, 0.1) is 0 Å². The zero-order valence-electron chi connectivity index (χ0n) is 6.81. The smallest absolute Gasteiger partial charge is 0.116 e. The van der Waals surface area contributed by atoms with Gasteiger partial charge in [0.15, 0.2) is 0 Å². The summed E-state index contributed by atoms with van der Waals surface area (Å²) in [5, 5.41) is 0. The van der Waals surface area contributed by atoms with Crippen molar-refractivity contribution < 1.29 is 0 Å². The molecule has 3 rings (SSSR count). The number of aliphatic imine (C=N–C) groups is 1. The fraction of sp³-hybridized carbons (Fsp3) is 0.111. The Morgan fingerprint density at radius 2 is 2.15 bits per heavy atom. The SMILES string of the molecule is C1=Nc2cnc3cncnc3c2C1. The summed E-state index contributed by atoms with van der Waals surface area (Å²) in [6, 6.07) is 0. The molecular formula is C9H6N4. The second-order valence-corrected chi connectivity index (χ2v) is 2.89. The molecular weight excluding hydrogens is 164 g/mol. The summed E-state index contributed by atoms with van der Waals surface area (Å²) in [5.74, 6) is 0. The molecule has 0 aliphatic carbocycles. The molecule has 13 heavy (non-hydrogen) atoms. The summed E-state index contributed by atoms with van der Waals surface area (Å²) in [6.07, 6.45) is 7.77. The van der Waals surface area contributed by atoms with Gasteiger partial charge in [0.05, 0.1) is 23.6 Å². The number of hydrogen-bond donors (Lipinski definition) is 0. The van der Waals surface area contributed by atoms with E-state index in [0.29, 0.717) is 0 Å². The lowest BCUT2D eigenvalue weighted by molar-refractivity contribution is 1.18. The highest BCUT2D eigenvalue weighted by Crippen LogP contribution is 2.27. The Hall–Kier alpha value is -1.84. The minimum Gasteiger partial charge on any atom is -0.259 e. The third-order valence-electron chi connectivity index (χ3n) is 2.14. The lowest BCUT2D eigenvalue weighted by Crippen LogP contribution is -1.89. The Balaban J connectivity index is 2.46. The van der Waals surface area contributed by atoms with E-state index in [0.717, 1.165) is 28.7 Å². The van der Waals surface area contributed by atoms with Crippen molar-refractivity contribution in [1.29, 1.82) is 0 Å². The van der Waals surface area contributed by atoms with Crippen LogP contribution in [0.1, 0.15) is 5.56 Å². The van der Waals surface area contributed by atoms with Crippen LogP contribution in [0.4, 0.5) is 5.69 Å². The van der Waals surface area contributed by atoms with Crippen molar-refractivity contribution >= 4 is 22.9 Å². The number of rotatable bonds is 0. The van der Waals surface area contributed by atoms with E-state index in [1.54, 1.807) is 18.7 Å². The average molecular weight is 170 g/mol. The molecule has 1 aliphatic rings. The number of nitrogens with zero attached hydrogens (tertiary/aromatic N) is 4. The average Bonchev–Trinajstić information content (AvgIpc) is 2.65. The van der Waals surface area contributed by atoms with Crippen LogP contribution in [-0.2, 0) is 6.42 Å². The van der Waals surface area contributed by atoms with Gasteiger partial charge in [0.25, 0.3) is 0 Å². The van der Waals surface area contributed by atoms with Crippen molar-refractivity contribution in [2.24, 2.45) is 4.99 Å². The molecule has 3 heterocycles. The zero-order valence-corrected chi connectivity index (χ0v) is 6.81. The van der Waals surface area contributed by atoms with E-state index in [4.69, 9.17) is 0 Å². The summed E-state index contributed by atoms with van der Waals surface area (Å²) in [7, 11) is 0. The van der Waals surface area contributed by atoms with Gasteiger partial charge in [-0.05, 0) is 0 Å². The van der Waals surface area contributed by atoms with E-state index in [1.165, 1.54) is 0 Å². The van der Waals surface area contributed by atoms with Crippen LogP contribution in [0.15, 0.2) is 23.7 Å². The second-order valence-electron chi connectivity index (χ2n) is 2.89. The molecule has 1 aliphatic heterocycles. The van der Waals surface area contributed by atoms with Crippen molar-refractivity contribution in [3.8, 4) is 0 Å². The third kappa shape index (κ3) is 0.853. The Kier molecular flexibility index (Phi) is 1.19. The lowest BCUT2D eigenvalue weighted by atomic mass is 10.1. The van der Waals surface area contributed by atoms with Crippen molar-refractivity contribution in [2.45, 2.75) is 6.42 Å². The molecule has 0 saturated heterocycles. The molecule has 4 heteroatoms. The summed E-state index contributed by atoms with van der Waals surface area (Å²) in [4.78, 5) is 16.5. The van der Waals surface area contributed by atoms with Crippen LogP contribution in [0.5, 0.6) is 0 Å². The first-order valence-corrected chi connectivity index (χ1v) is 4.05. The fourth-order valence-electron chi connectivity index (χ4n) is 1.53. The van der Waals surface area contributed by atoms with Gasteiger partial charge < -0.3 is 0 Å². The predicted molar refractivity (Wildman–Crippen MR) is 49.2 cm³/mol. The molecule has 0 bridgehead atoms. The molecule has 0 unspecified atom stereocenters. The van der Waals surface area contributed by atoms with E-state index < -0.39 is 0 Å². The molecule has 0 N–H and O–H groups in total. The molecule has 62 valence electrons. The molecule has 0 fully saturated rings. The highest BCUT2D eigenvalue weighted by atomic mass is 14.9. The van der Waals surface area contributed by atoms with E-state index in [9.17, 15) is 0 Å². The molecule has 2 aromatic rings. The maximum Gasteiger partial charge on any atom is 0.116 e. The normalized spacial score (nSPS) is 13.5. The van der Waals surface area contributed by atoms with E-state index in [1.807, 2.05) is 6.21 Å². The van der Waals surface area contributed by atoms with Crippen LogP contribution in [-0.4, -0.2) is 21.2 Å². The minimum atomic E-state index is 0.840. The first-order valence-electron chi connectivity index (χ1n) is 4.05. The molecule has 0 spiro atoms. The summed E-state index contributed by atoms with van der Waals surface area (Å²) >= 11 is 0. The van der Waals surface area contributed by atoms with Gasteiger partial charge >= 0.3 is 0 Å². The number of pyridine rings is 1. The third-order valence-corrected chi connectivity index (χ3v) is 2.14. The molecule has 0 aromatic carbocycles. The molecule has 0 saturated carbocycles. The number of aromatic nitrogens is 3. The summed E-state index contributed by atoms with van der Waals surface area (Å²) in [6.45, 7) is 0. The second kappa shape index (κ2) is 2.32. The van der Waals surface area contributed by atoms with Gasteiger partial charge in [0.2, 0.25) is 0 Å². The van der Waals surface area contributed by atoms with E-state index in [-0.39, 0.29) is 0 Å². The first kappa shape index (κ1) is 6.65. The van der Waals surface area contributed by atoms with Gasteiger partial charge in [-0.3, -0.25) is 9.98 Å². The van der Waals surface area contributed by atoms with E-state index in [2.05, 4.69) is 19.9 Å². The Bertz CT molecular complexity index is 504. The van der Waals surface area contributed by atoms with Crippen molar-refractivity contribution in [2.75, 3.05) is 0 Å². The fourth-order valence-corrected chi connectivity index (χ4v) is 1.53. The first-order chi connectivity index (χ1) is 6.45. The molecule has 4 nitrogen and oxygen atoms in total. The summed E-state index contributed by atoms with van der Waals surface area (Å²) in [5.41, 5.74) is 3.86. The van der Waals surface area contributed by atoms with Gasteiger partial charge in [0, 0.05) is 18.2 Å². The standard InChI is InChI=1S/C9H6N4/c1-2-11-7-4-12-8-3-10-5-13-9(8)6(1)7/h2-5H,1H2. The highest BCUT2D eigenvalue weighted by Gasteiger charge is 2.11. The Morgan fingerprint density at radius 3 is 3.15 bits per heavy atom. The minimum absolute atomic E-state index is 0.840. The van der Waals surface area contributed by atoms with Gasteiger partial charge in [-0.2, -0.15) is 0 Å². The highest BCUT2D eigenvalue weighted by molar-refractivity contribution is 5.88. The van der Waals surface area contributed by atoms with Crippen LogP contribution < -0.4 is 0 Å². The van der Waals surface area contributed by atoms with Crippen molar-refractivity contribution in [3.63, 3.8) is 0 Å². The predicted octanol–water partition coefficient (Wildman–Crippen LogP) is 1.28. The van der Waals surface area contributed by atoms with Gasteiger partial charge in [-0.25, -0.2) is 9.97 Å². The van der Waals surface area contributed by atoms with Crippen LogP contribution in [0.25, 0.3) is 11.0 Å². The van der Waals surface area contributed by atoms with Gasteiger partial charge in [0.1, 0.15) is 11.8 Å². The Morgan fingerprint density at radius 1 is 1.15 bits per heavy atom. The van der Waals surface area contributed by atoms with Crippen molar-refractivity contribution in [1.82, 2.24) is 15.0 Å². The van der Waals surface area contributed by atoms with E-state index >= 15 is 0 Å². The van der Waals surface area contributed by atoms with Gasteiger partial charge in [-0.1, -0.05) is 0 Å². The maximum absolute atomic E-state index is 4.21.